The second kappa shape index (κ2) is 62.0. The number of hydrogen-bond acceptors (Lipinski definition) is 7. The van der Waals surface area contributed by atoms with Crippen molar-refractivity contribution < 1.29 is 42.9 Å². The van der Waals surface area contributed by atoms with Gasteiger partial charge in [0.05, 0.1) is 34.4 Å². The van der Waals surface area contributed by atoms with Crippen molar-refractivity contribution in [2.45, 2.75) is 238 Å². The second-order valence-corrected chi connectivity index (χ2v) is 22.0. The molecule has 9 heteroatoms. The van der Waals surface area contributed by atoms with E-state index in [2.05, 4.69) is 172 Å². The lowest BCUT2D eigenvalue weighted by Crippen LogP contribution is -2.40. The molecular formula is C73H118NO8+. The molecule has 0 spiro atoms. The smallest absolute Gasteiger partial charge is 0.361 e. The van der Waals surface area contributed by atoms with Crippen LogP contribution in [-0.2, 0) is 33.3 Å². The van der Waals surface area contributed by atoms with E-state index >= 15 is 0 Å². The van der Waals surface area contributed by atoms with E-state index in [0.29, 0.717) is 17.4 Å². The third-order valence-corrected chi connectivity index (χ3v) is 13.0. The van der Waals surface area contributed by atoms with Gasteiger partial charge in [-0.15, -0.1) is 0 Å². The molecule has 0 heterocycles. The predicted molar refractivity (Wildman–Crippen MR) is 350 cm³/mol. The number of unbranched alkanes of at least 4 members (excludes halogenated alkanes) is 16. The zero-order chi connectivity index (χ0) is 59.8. The molecule has 2 atom stereocenters. The number of allylic oxidation sites excluding steroid dienone is 26. The van der Waals surface area contributed by atoms with Gasteiger partial charge in [0.25, 0.3) is 6.29 Å². The summed E-state index contributed by atoms with van der Waals surface area (Å²) in [5.74, 6) is -2.09. The summed E-state index contributed by atoms with van der Waals surface area (Å²) >= 11 is 0. The summed E-state index contributed by atoms with van der Waals surface area (Å²) in [5.41, 5.74) is 0. The maximum Gasteiger partial charge on any atom is 0.361 e. The molecule has 0 aliphatic heterocycles. The number of aliphatic carboxylic acids is 1. The van der Waals surface area contributed by atoms with Crippen molar-refractivity contribution in [1.82, 2.24) is 0 Å². The molecular weight excluding hydrogens is 1020 g/mol. The first kappa shape index (κ1) is 76.9. The summed E-state index contributed by atoms with van der Waals surface area (Å²) in [4.78, 5) is 37.5. The Labute approximate surface area is 502 Å². The number of nitrogens with zero attached hydrogens (tertiary/aromatic N) is 1. The van der Waals surface area contributed by atoms with Crippen LogP contribution in [0.4, 0.5) is 0 Å². The maximum absolute atomic E-state index is 12.9. The highest BCUT2D eigenvalue weighted by molar-refractivity contribution is 5.71. The van der Waals surface area contributed by atoms with Gasteiger partial charge in [0, 0.05) is 12.8 Å². The monoisotopic (exact) mass is 1140 g/mol. The fourth-order valence-corrected chi connectivity index (χ4v) is 8.11. The molecule has 0 saturated heterocycles. The Hall–Kier alpha value is -5.09. The van der Waals surface area contributed by atoms with Crippen LogP contribution in [0.2, 0.25) is 0 Å². The van der Waals surface area contributed by atoms with Crippen molar-refractivity contribution in [1.29, 1.82) is 0 Å². The van der Waals surface area contributed by atoms with Crippen LogP contribution in [-0.4, -0.2) is 87.4 Å². The van der Waals surface area contributed by atoms with E-state index in [4.69, 9.17) is 18.9 Å². The third kappa shape index (κ3) is 62.5. The lowest BCUT2D eigenvalue weighted by Gasteiger charge is -2.25. The van der Waals surface area contributed by atoms with Gasteiger partial charge in [0.1, 0.15) is 13.2 Å². The number of carbonyl (C=O) groups excluding carboxylic acids is 2. The average Bonchev–Trinajstić information content (AvgIpc) is 3.45. The zero-order valence-electron chi connectivity index (χ0n) is 52.6. The second-order valence-electron chi connectivity index (χ2n) is 22.0. The first-order valence-electron chi connectivity index (χ1n) is 32.1. The zero-order valence-corrected chi connectivity index (χ0v) is 52.6. The van der Waals surface area contributed by atoms with Gasteiger partial charge in [-0.05, 0) is 128 Å². The van der Waals surface area contributed by atoms with Gasteiger partial charge in [-0.25, -0.2) is 4.79 Å². The summed E-state index contributed by atoms with van der Waals surface area (Å²) in [5, 5.41) is 9.71. The maximum atomic E-state index is 12.9. The highest BCUT2D eigenvalue weighted by atomic mass is 16.7. The van der Waals surface area contributed by atoms with Gasteiger partial charge < -0.3 is 28.5 Å². The molecule has 0 radical (unpaired) electrons. The highest BCUT2D eigenvalue weighted by Crippen LogP contribution is 2.14. The van der Waals surface area contributed by atoms with E-state index in [1.165, 1.54) is 70.6 Å². The standard InChI is InChI=1S/C73H117NO8/c1-6-8-10-12-14-16-18-20-22-24-26-27-28-29-30-31-32-33-34-35-36-37-38-39-40-41-42-43-44-45-46-48-50-52-54-56-58-60-62-64-71(76)82-69(68-81-73(72(77)78)79-66-65-74(3,4)5)67-80-70(75)63-61-59-57-55-53-51-49-47-25-23-21-19-17-15-13-11-9-7-2/h8,10,14,16,20,22-23,25-27,29-30,32-33,35-36,38-39,41-42,44-45,48,50,54,56,69,73H,6-7,9,11-13,15,17-19,21,24,28,31,34,37,40,43,46-47,49,51-53,55,57-68H2,1-5H3/p+1/b10-8-,16-14-,22-20-,25-23-,27-26-,30-29-,33-32-,36-35-,39-38-,42-41-,45-44-,50-48-,56-54-. The van der Waals surface area contributed by atoms with E-state index < -0.39 is 24.3 Å². The molecule has 0 aliphatic carbocycles. The SMILES string of the molecule is CC/C=C\C/C=C\C/C=C\C/C=C\C/C=C\C/C=C\C/C=C\C/C=C\C/C=C\C/C=C\C/C=C\C/C=C\CCCCC(=O)OC(COC(=O)CCCCCCCCC/C=C\CCCCCCCCC)COC(OCC[N+](C)(C)C)C(=O)O. The van der Waals surface area contributed by atoms with Crippen molar-refractivity contribution in [2.75, 3.05) is 47.5 Å². The van der Waals surface area contributed by atoms with E-state index in [-0.39, 0.29) is 38.6 Å². The van der Waals surface area contributed by atoms with Crippen LogP contribution >= 0.6 is 0 Å². The lowest BCUT2D eigenvalue weighted by molar-refractivity contribution is -0.870. The van der Waals surface area contributed by atoms with Gasteiger partial charge in [-0.3, -0.25) is 9.59 Å². The Morgan fingerprint density at radius 3 is 1.07 bits per heavy atom. The molecule has 0 amide bonds. The van der Waals surface area contributed by atoms with Crippen molar-refractivity contribution >= 4 is 17.9 Å². The average molecular weight is 1140 g/mol. The van der Waals surface area contributed by atoms with Crippen LogP contribution in [0.25, 0.3) is 0 Å². The Morgan fingerprint density at radius 1 is 0.378 bits per heavy atom. The molecule has 0 aromatic carbocycles. The number of esters is 2. The van der Waals surface area contributed by atoms with Crippen LogP contribution in [0.3, 0.4) is 0 Å². The number of rotatable bonds is 57. The molecule has 9 nitrogen and oxygen atoms in total. The molecule has 2 unspecified atom stereocenters. The Balaban J connectivity index is 4.31. The molecule has 462 valence electrons. The Morgan fingerprint density at radius 2 is 0.695 bits per heavy atom. The van der Waals surface area contributed by atoms with E-state index in [1.807, 2.05) is 21.1 Å². The minimum Gasteiger partial charge on any atom is -0.477 e. The van der Waals surface area contributed by atoms with Crippen LogP contribution in [0.5, 0.6) is 0 Å². The summed E-state index contributed by atoms with van der Waals surface area (Å²) in [6, 6.07) is 0. The van der Waals surface area contributed by atoms with Crippen LogP contribution in [0, 0.1) is 0 Å². The number of carboxylic acid groups (broad SMARTS) is 1. The van der Waals surface area contributed by atoms with Gasteiger partial charge in [-0.2, -0.15) is 0 Å². The fraction of sp³-hybridized carbons (Fsp3) is 0.603. The van der Waals surface area contributed by atoms with Gasteiger partial charge in [0.15, 0.2) is 6.10 Å². The largest absolute Gasteiger partial charge is 0.477 e. The molecule has 0 bridgehead atoms. The van der Waals surface area contributed by atoms with E-state index in [1.54, 1.807) is 0 Å². The lowest BCUT2D eigenvalue weighted by atomic mass is 10.1. The predicted octanol–water partition coefficient (Wildman–Crippen LogP) is 19.7. The number of carbonyl (C=O) groups is 3. The summed E-state index contributed by atoms with van der Waals surface area (Å²) in [6.45, 7) is 4.69. The molecule has 0 rings (SSSR count). The molecule has 0 saturated carbocycles. The van der Waals surface area contributed by atoms with Gasteiger partial charge in [-0.1, -0.05) is 242 Å². The van der Waals surface area contributed by atoms with Crippen LogP contribution in [0.1, 0.15) is 226 Å². The number of quaternary nitrogens is 1. The number of carboxylic acids is 1. The molecule has 0 aliphatic rings. The van der Waals surface area contributed by atoms with Crippen molar-refractivity contribution in [2.24, 2.45) is 0 Å². The highest BCUT2D eigenvalue weighted by Gasteiger charge is 2.25. The Kier molecular flexibility index (Phi) is 58.1. The molecule has 0 fully saturated rings. The number of likely N-dealkylation sites (N-methyl/N-ethyl adjacent to an activating group) is 1. The minimum atomic E-state index is -1.53. The molecule has 0 aromatic heterocycles. The Bertz CT molecular complexity index is 1900. The topological polar surface area (TPSA) is 108 Å². The van der Waals surface area contributed by atoms with Crippen LogP contribution < -0.4 is 0 Å². The quantitative estimate of drug-likeness (QED) is 0.0211. The number of ether oxygens (including phenoxy) is 4. The van der Waals surface area contributed by atoms with Gasteiger partial charge in [0.2, 0.25) is 0 Å². The first-order chi connectivity index (χ1) is 40.1. The van der Waals surface area contributed by atoms with Crippen LogP contribution in [0.15, 0.2) is 158 Å². The normalized spacial score (nSPS) is 13.8. The van der Waals surface area contributed by atoms with Crippen molar-refractivity contribution in [3.05, 3.63) is 158 Å². The molecule has 0 aromatic rings. The van der Waals surface area contributed by atoms with E-state index in [0.717, 1.165) is 122 Å². The first-order valence-corrected chi connectivity index (χ1v) is 32.1. The minimum absolute atomic E-state index is 0.170. The van der Waals surface area contributed by atoms with Crippen molar-refractivity contribution in [3.8, 4) is 0 Å². The molecule has 82 heavy (non-hydrogen) atoms. The summed E-state index contributed by atoms with van der Waals surface area (Å²) in [6.07, 6.45) is 89.1. The fourth-order valence-electron chi connectivity index (χ4n) is 8.11. The van der Waals surface area contributed by atoms with Gasteiger partial charge >= 0.3 is 17.9 Å². The van der Waals surface area contributed by atoms with E-state index in [9.17, 15) is 19.5 Å². The summed E-state index contributed by atoms with van der Waals surface area (Å²) < 4.78 is 22.8. The number of hydrogen-bond donors (Lipinski definition) is 1. The molecule has 1 N–H and O–H groups in total. The van der Waals surface area contributed by atoms with Crippen molar-refractivity contribution in [3.63, 3.8) is 0 Å². The third-order valence-electron chi connectivity index (χ3n) is 13.0. The summed E-state index contributed by atoms with van der Waals surface area (Å²) in [7, 11) is 5.94.